The molecule has 0 aliphatic rings. The van der Waals surface area contributed by atoms with Gasteiger partial charge in [-0.15, -0.1) is 0 Å². The highest BCUT2D eigenvalue weighted by atomic mass is 79.9. The number of nitrogens with zero attached hydrogens (tertiary/aromatic N) is 3. The number of halogens is 1. The molecule has 0 aliphatic heterocycles. The zero-order valence-corrected chi connectivity index (χ0v) is 13.3. The molecule has 2 amide bonds. The standard InChI is InChI=1S/C14H15BrN4O2/c1-18(2)14(21)10-4-3-5-12(6-10)17-13(20)9-19-8-11(15)7-16-19/h3-8H,9H2,1-2H3,(H,17,20). The molecule has 0 saturated carbocycles. The zero-order chi connectivity index (χ0) is 15.4. The van der Waals surface area contributed by atoms with E-state index in [9.17, 15) is 9.59 Å². The van der Waals surface area contributed by atoms with E-state index in [1.54, 1.807) is 50.8 Å². The highest BCUT2D eigenvalue weighted by Crippen LogP contribution is 2.12. The van der Waals surface area contributed by atoms with Crippen LogP contribution in [0.25, 0.3) is 0 Å². The van der Waals surface area contributed by atoms with Crippen molar-refractivity contribution in [1.29, 1.82) is 0 Å². The van der Waals surface area contributed by atoms with Gasteiger partial charge in [0, 0.05) is 31.5 Å². The number of anilines is 1. The molecule has 0 atom stereocenters. The third kappa shape index (κ3) is 4.16. The van der Waals surface area contributed by atoms with Crippen molar-refractivity contribution in [3.8, 4) is 0 Å². The lowest BCUT2D eigenvalue weighted by Crippen LogP contribution is -2.22. The first kappa shape index (κ1) is 15.2. The molecule has 1 heterocycles. The molecule has 6 nitrogen and oxygen atoms in total. The molecule has 110 valence electrons. The fourth-order valence-corrected chi connectivity index (χ4v) is 2.09. The van der Waals surface area contributed by atoms with Crippen LogP contribution in [0.4, 0.5) is 5.69 Å². The summed E-state index contributed by atoms with van der Waals surface area (Å²) in [6.45, 7) is 0.109. The van der Waals surface area contributed by atoms with E-state index in [-0.39, 0.29) is 18.4 Å². The van der Waals surface area contributed by atoms with Crippen molar-refractivity contribution in [2.24, 2.45) is 0 Å². The minimum atomic E-state index is -0.208. The molecule has 0 fully saturated rings. The Kier molecular flexibility index (Phi) is 4.74. The molecule has 1 aromatic carbocycles. The van der Waals surface area contributed by atoms with Crippen molar-refractivity contribution in [2.75, 3.05) is 19.4 Å². The topological polar surface area (TPSA) is 67.2 Å². The van der Waals surface area contributed by atoms with E-state index in [1.165, 1.54) is 9.58 Å². The second-order valence-corrected chi connectivity index (χ2v) is 5.60. The lowest BCUT2D eigenvalue weighted by atomic mass is 10.2. The van der Waals surface area contributed by atoms with Crippen molar-refractivity contribution in [1.82, 2.24) is 14.7 Å². The van der Waals surface area contributed by atoms with Crippen LogP contribution in [-0.4, -0.2) is 40.6 Å². The monoisotopic (exact) mass is 350 g/mol. The van der Waals surface area contributed by atoms with Crippen molar-refractivity contribution >= 4 is 33.4 Å². The lowest BCUT2D eigenvalue weighted by Gasteiger charge is -2.11. The Bertz CT molecular complexity index is 666. The maximum atomic E-state index is 11.9. The molecule has 1 aromatic heterocycles. The predicted molar refractivity (Wildman–Crippen MR) is 83.0 cm³/mol. The van der Waals surface area contributed by atoms with E-state index >= 15 is 0 Å². The summed E-state index contributed by atoms with van der Waals surface area (Å²) in [4.78, 5) is 25.3. The number of hydrogen-bond donors (Lipinski definition) is 1. The van der Waals surface area contributed by atoms with Crippen LogP contribution in [0.1, 0.15) is 10.4 Å². The molecule has 2 aromatic rings. The maximum Gasteiger partial charge on any atom is 0.253 e. The largest absolute Gasteiger partial charge is 0.345 e. The van der Waals surface area contributed by atoms with E-state index in [4.69, 9.17) is 0 Å². The number of rotatable bonds is 4. The summed E-state index contributed by atoms with van der Waals surface area (Å²) >= 11 is 3.27. The van der Waals surface area contributed by atoms with E-state index in [1.807, 2.05) is 0 Å². The normalized spacial score (nSPS) is 10.2. The summed E-state index contributed by atoms with van der Waals surface area (Å²) in [6, 6.07) is 6.84. The van der Waals surface area contributed by atoms with Crippen molar-refractivity contribution in [3.63, 3.8) is 0 Å². The van der Waals surface area contributed by atoms with E-state index in [0.717, 1.165) is 4.47 Å². The third-order valence-corrected chi connectivity index (χ3v) is 3.12. The smallest absolute Gasteiger partial charge is 0.253 e. The van der Waals surface area contributed by atoms with Gasteiger partial charge in [0.25, 0.3) is 5.91 Å². The number of amides is 2. The molecule has 1 N–H and O–H groups in total. The van der Waals surface area contributed by atoms with Gasteiger partial charge in [-0.3, -0.25) is 14.3 Å². The Morgan fingerprint density at radius 2 is 2.14 bits per heavy atom. The SMILES string of the molecule is CN(C)C(=O)c1cccc(NC(=O)Cn2cc(Br)cn2)c1. The van der Waals surface area contributed by atoms with Gasteiger partial charge in [-0.05, 0) is 34.1 Å². The van der Waals surface area contributed by atoms with Crippen LogP contribution < -0.4 is 5.32 Å². The van der Waals surface area contributed by atoms with Crippen LogP contribution in [0.2, 0.25) is 0 Å². The fraction of sp³-hybridized carbons (Fsp3) is 0.214. The number of carbonyl (C=O) groups excluding carboxylic acids is 2. The summed E-state index contributed by atoms with van der Waals surface area (Å²) in [5.41, 5.74) is 1.11. The molecule has 0 unspecified atom stereocenters. The molecular weight excluding hydrogens is 336 g/mol. The fourth-order valence-electron chi connectivity index (χ4n) is 1.76. The molecule has 0 spiro atoms. The Hall–Kier alpha value is -2.15. The third-order valence-electron chi connectivity index (χ3n) is 2.71. The Morgan fingerprint density at radius 1 is 1.38 bits per heavy atom. The van der Waals surface area contributed by atoms with E-state index in [2.05, 4.69) is 26.3 Å². The van der Waals surface area contributed by atoms with Crippen molar-refractivity contribution in [3.05, 3.63) is 46.7 Å². The number of carbonyl (C=O) groups is 2. The van der Waals surface area contributed by atoms with Crippen molar-refractivity contribution in [2.45, 2.75) is 6.54 Å². The average molecular weight is 351 g/mol. The molecule has 21 heavy (non-hydrogen) atoms. The van der Waals surface area contributed by atoms with Gasteiger partial charge in [-0.1, -0.05) is 6.07 Å². The Balaban J connectivity index is 2.04. The number of hydrogen-bond acceptors (Lipinski definition) is 3. The predicted octanol–water partition coefficient (Wildman–Crippen LogP) is 1.99. The Labute approximate surface area is 130 Å². The summed E-state index contributed by atoms with van der Waals surface area (Å²) in [5.74, 6) is -0.317. The summed E-state index contributed by atoms with van der Waals surface area (Å²) < 4.78 is 2.34. The minimum absolute atomic E-state index is 0.109. The first-order valence-electron chi connectivity index (χ1n) is 6.25. The quantitative estimate of drug-likeness (QED) is 0.916. The summed E-state index contributed by atoms with van der Waals surface area (Å²) in [5, 5.41) is 6.76. The molecule has 0 radical (unpaired) electrons. The van der Waals surface area contributed by atoms with E-state index in [0.29, 0.717) is 11.3 Å². The Morgan fingerprint density at radius 3 is 2.76 bits per heavy atom. The minimum Gasteiger partial charge on any atom is -0.345 e. The molecule has 0 aliphatic carbocycles. The van der Waals surface area contributed by atoms with Gasteiger partial charge < -0.3 is 10.2 Å². The van der Waals surface area contributed by atoms with Crippen LogP contribution in [0.3, 0.4) is 0 Å². The van der Waals surface area contributed by atoms with Gasteiger partial charge in [0.15, 0.2) is 0 Å². The maximum absolute atomic E-state index is 11.9. The van der Waals surface area contributed by atoms with Gasteiger partial charge in [-0.2, -0.15) is 5.10 Å². The molecule has 0 saturated heterocycles. The summed E-state index contributed by atoms with van der Waals surface area (Å²) in [7, 11) is 3.37. The van der Waals surface area contributed by atoms with Gasteiger partial charge in [0.05, 0.1) is 10.7 Å². The number of nitrogens with one attached hydrogen (secondary N) is 1. The average Bonchev–Trinajstić information content (AvgIpc) is 2.83. The molecule has 2 rings (SSSR count). The van der Waals surface area contributed by atoms with Crippen LogP contribution in [0.5, 0.6) is 0 Å². The lowest BCUT2D eigenvalue weighted by molar-refractivity contribution is -0.116. The van der Waals surface area contributed by atoms with Crippen molar-refractivity contribution < 1.29 is 9.59 Å². The van der Waals surface area contributed by atoms with Gasteiger partial charge in [0.1, 0.15) is 6.54 Å². The first-order chi connectivity index (χ1) is 9.95. The molecular formula is C14H15BrN4O2. The van der Waals surface area contributed by atoms with Crippen LogP contribution in [-0.2, 0) is 11.3 Å². The zero-order valence-electron chi connectivity index (χ0n) is 11.7. The second kappa shape index (κ2) is 6.53. The van der Waals surface area contributed by atoms with E-state index < -0.39 is 0 Å². The van der Waals surface area contributed by atoms with Crippen LogP contribution in [0.15, 0.2) is 41.1 Å². The number of aromatic nitrogens is 2. The highest BCUT2D eigenvalue weighted by molar-refractivity contribution is 9.10. The van der Waals surface area contributed by atoms with Crippen LogP contribution >= 0.6 is 15.9 Å². The van der Waals surface area contributed by atoms with Gasteiger partial charge in [0.2, 0.25) is 5.91 Å². The van der Waals surface area contributed by atoms with Crippen LogP contribution in [0, 0.1) is 0 Å². The molecule has 7 heteroatoms. The number of benzene rings is 1. The second-order valence-electron chi connectivity index (χ2n) is 4.68. The van der Waals surface area contributed by atoms with Gasteiger partial charge >= 0.3 is 0 Å². The summed E-state index contributed by atoms with van der Waals surface area (Å²) in [6.07, 6.45) is 3.33. The highest BCUT2D eigenvalue weighted by Gasteiger charge is 2.10. The molecule has 0 bridgehead atoms. The first-order valence-corrected chi connectivity index (χ1v) is 7.04. The van der Waals surface area contributed by atoms with Gasteiger partial charge in [-0.25, -0.2) is 0 Å².